The molecule has 0 unspecified atom stereocenters. The van der Waals surface area contributed by atoms with Crippen molar-refractivity contribution in [3.63, 3.8) is 0 Å². The SMILES string of the molecule is CC(=O)OC[C@H]1O[C@@H](OC(C)=O)[C@@H](NC(=O)CN(Cc2ccccc2)S(C)(=O)=O)[C@@H](OC(C)=O)[C@H]1OC(C)=O. The first-order valence-electron chi connectivity index (χ1n) is 11.8. The van der Waals surface area contributed by atoms with Crippen molar-refractivity contribution >= 4 is 39.8 Å². The number of carbonyl (C=O) groups is 5. The molecule has 1 N–H and O–H groups in total. The van der Waals surface area contributed by atoms with Crippen LogP contribution in [0.4, 0.5) is 0 Å². The highest BCUT2D eigenvalue weighted by Crippen LogP contribution is 2.28. The summed E-state index contributed by atoms with van der Waals surface area (Å²) in [5.41, 5.74) is 0.621. The van der Waals surface area contributed by atoms with Crippen LogP contribution >= 0.6 is 0 Å². The molecule has 1 aliphatic heterocycles. The number of amides is 1. The quantitative estimate of drug-likeness (QED) is 0.269. The predicted octanol–water partition coefficient (Wildman–Crippen LogP) is -0.352. The molecule has 0 spiro atoms. The Morgan fingerprint density at radius 3 is 1.95 bits per heavy atom. The van der Waals surface area contributed by atoms with Gasteiger partial charge in [0.2, 0.25) is 22.2 Å². The summed E-state index contributed by atoms with van der Waals surface area (Å²) in [4.78, 5) is 60.2. The second-order valence-corrected chi connectivity index (χ2v) is 10.7. The molecule has 5 atom stereocenters. The molecule has 1 aliphatic rings. The van der Waals surface area contributed by atoms with E-state index in [1.807, 2.05) is 0 Å². The molecule has 0 radical (unpaired) electrons. The Balaban J connectivity index is 2.40. The Hall–Kier alpha value is -3.56. The monoisotopic (exact) mass is 572 g/mol. The van der Waals surface area contributed by atoms with Gasteiger partial charge in [-0.05, 0) is 5.56 Å². The first kappa shape index (κ1) is 31.7. The van der Waals surface area contributed by atoms with Gasteiger partial charge in [-0.15, -0.1) is 0 Å². The van der Waals surface area contributed by atoms with Crippen molar-refractivity contribution in [3.8, 4) is 0 Å². The van der Waals surface area contributed by atoms with E-state index in [2.05, 4.69) is 5.32 Å². The molecule has 0 bridgehead atoms. The topological polar surface area (TPSA) is 181 Å². The highest BCUT2D eigenvalue weighted by molar-refractivity contribution is 7.88. The summed E-state index contributed by atoms with van der Waals surface area (Å²) in [7, 11) is -3.86. The van der Waals surface area contributed by atoms with Gasteiger partial charge in [0.25, 0.3) is 0 Å². The number of ether oxygens (including phenoxy) is 5. The zero-order chi connectivity index (χ0) is 29.3. The highest BCUT2D eigenvalue weighted by Gasteiger charge is 2.52. The molecule has 0 aliphatic carbocycles. The third-order valence-electron chi connectivity index (χ3n) is 5.30. The molecule has 2 rings (SSSR count). The molecule has 0 saturated carbocycles. The van der Waals surface area contributed by atoms with E-state index in [1.54, 1.807) is 30.3 Å². The van der Waals surface area contributed by atoms with Gasteiger partial charge >= 0.3 is 23.9 Å². The van der Waals surface area contributed by atoms with Crippen LogP contribution < -0.4 is 5.32 Å². The third-order valence-corrected chi connectivity index (χ3v) is 6.50. The van der Waals surface area contributed by atoms with E-state index < -0.39 is 83.6 Å². The van der Waals surface area contributed by atoms with Crippen molar-refractivity contribution in [3.05, 3.63) is 35.9 Å². The van der Waals surface area contributed by atoms with Gasteiger partial charge in [-0.25, -0.2) is 8.42 Å². The average Bonchev–Trinajstić information content (AvgIpc) is 2.80. The predicted molar refractivity (Wildman–Crippen MR) is 132 cm³/mol. The zero-order valence-corrected chi connectivity index (χ0v) is 23.0. The summed E-state index contributed by atoms with van der Waals surface area (Å²) in [6, 6.07) is 7.11. The molecule has 1 fully saturated rings. The van der Waals surface area contributed by atoms with Crippen LogP contribution in [-0.2, 0) is 64.2 Å². The number of nitrogens with zero attached hydrogens (tertiary/aromatic N) is 1. The summed E-state index contributed by atoms with van der Waals surface area (Å²) >= 11 is 0. The molecular formula is C24H32N2O12S. The first-order chi connectivity index (χ1) is 18.2. The maximum atomic E-state index is 13.1. The smallest absolute Gasteiger partial charge is 0.305 e. The molecule has 14 nitrogen and oxygen atoms in total. The highest BCUT2D eigenvalue weighted by atomic mass is 32.2. The van der Waals surface area contributed by atoms with Crippen LogP contribution in [0.2, 0.25) is 0 Å². The van der Waals surface area contributed by atoms with Crippen molar-refractivity contribution in [2.45, 2.75) is 64.9 Å². The van der Waals surface area contributed by atoms with Gasteiger partial charge in [-0.3, -0.25) is 24.0 Å². The number of hydrogen-bond acceptors (Lipinski definition) is 12. The number of hydrogen-bond donors (Lipinski definition) is 1. The normalized spacial score (nSPS) is 22.9. The average molecular weight is 573 g/mol. The van der Waals surface area contributed by atoms with Gasteiger partial charge in [0.05, 0.1) is 12.8 Å². The summed E-state index contributed by atoms with van der Waals surface area (Å²) in [6.07, 6.45) is -4.80. The number of sulfonamides is 1. The molecule has 216 valence electrons. The Morgan fingerprint density at radius 2 is 1.44 bits per heavy atom. The molecule has 39 heavy (non-hydrogen) atoms. The summed E-state index contributed by atoms with van der Waals surface area (Å²) in [5, 5.41) is 2.48. The molecule has 1 amide bonds. The third kappa shape index (κ3) is 10.3. The molecule has 1 saturated heterocycles. The van der Waals surface area contributed by atoms with E-state index in [0.717, 1.165) is 38.3 Å². The molecule has 1 heterocycles. The maximum absolute atomic E-state index is 13.1. The molecule has 0 aromatic heterocycles. The first-order valence-corrected chi connectivity index (χ1v) is 13.6. The molecular weight excluding hydrogens is 540 g/mol. The lowest BCUT2D eigenvalue weighted by atomic mass is 9.96. The fourth-order valence-corrected chi connectivity index (χ4v) is 4.52. The summed E-state index contributed by atoms with van der Waals surface area (Å²) in [5.74, 6) is -4.04. The minimum absolute atomic E-state index is 0.116. The number of nitrogens with one attached hydrogen (secondary N) is 1. The van der Waals surface area contributed by atoms with Crippen LogP contribution in [0.15, 0.2) is 30.3 Å². The van der Waals surface area contributed by atoms with Crippen molar-refractivity contribution in [1.29, 1.82) is 0 Å². The van der Waals surface area contributed by atoms with Gasteiger partial charge in [0.15, 0.2) is 12.2 Å². The standard InChI is InChI=1S/C24H32N2O12S/c1-14(27)34-13-19-22(35-15(2)28)23(36-16(3)29)21(24(38-19)37-17(4)30)25-20(31)12-26(39(5,32)33)11-18-9-7-6-8-10-18/h6-10,19,21-24H,11-13H2,1-5H3,(H,25,31)/t19-,21+,22+,23-,24-/m1/s1. The second-order valence-electron chi connectivity index (χ2n) is 8.71. The fraction of sp³-hybridized carbons (Fsp3) is 0.542. The Morgan fingerprint density at radius 1 is 0.872 bits per heavy atom. The number of esters is 4. The van der Waals surface area contributed by atoms with Crippen molar-refractivity contribution in [1.82, 2.24) is 9.62 Å². The van der Waals surface area contributed by atoms with E-state index >= 15 is 0 Å². The number of carbonyl (C=O) groups excluding carboxylic acids is 5. The number of benzene rings is 1. The molecule has 1 aromatic rings. The minimum atomic E-state index is -3.86. The van der Waals surface area contributed by atoms with Crippen LogP contribution in [0.1, 0.15) is 33.3 Å². The summed E-state index contributed by atoms with van der Waals surface area (Å²) in [6.45, 7) is 3.09. The van der Waals surface area contributed by atoms with Crippen LogP contribution in [0.3, 0.4) is 0 Å². The Kier molecular flexibility index (Phi) is 11.4. The van der Waals surface area contributed by atoms with Gasteiger partial charge in [0, 0.05) is 34.2 Å². The van der Waals surface area contributed by atoms with Crippen LogP contribution in [0, 0.1) is 0 Å². The molecule has 15 heteroatoms. The van der Waals surface area contributed by atoms with Crippen LogP contribution in [0.25, 0.3) is 0 Å². The van der Waals surface area contributed by atoms with Crippen molar-refractivity contribution in [2.24, 2.45) is 0 Å². The van der Waals surface area contributed by atoms with E-state index in [0.29, 0.717) is 5.56 Å². The van der Waals surface area contributed by atoms with Crippen LogP contribution in [-0.4, -0.2) is 92.6 Å². The maximum Gasteiger partial charge on any atom is 0.305 e. The Labute approximate surface area is 225 Å². The van der Waals surface area contributed by atoms with E-state index in [9.17, 15) is 32.4 Å². The zero-order valence-electron chi connectivity index (χ0n) is 22.1. The fourth-order valence-electron chi connectivity index (χ4n) is 3.79. The number of rotatable bonds is 11. The summed E-state index contributed by atoms with van der Waals surface area (Å²) < 4.78 is 52.3. The van der Waals surface area contributed by atoms with Crippen molar-refractivity contribution in [2.75, 3.05) is 19.4 Å². The van der Waals surface area contributed by atoms with Crippen LogP contribution in [0.5, 0.6) is 0 Å². The van der Waals surface area contributed by atoms with Crippen molar-refractivity contribution < 1.29 is 56.1 Å². The minimum Gasteiger partial charge on any atom is -0.463 e. The van der Waals surface area contributed by atoms with Gasteiger partial charge in [-0.1, -0.05) is 30.3 Å². The largest absolute Gasteiger partial charge is 0.463 e. The lowest BCUT2D eigenvalue weighted by Crippen LogP contribution is -2.67. The van der Waals surface area contributed by atoms with E-state index in [4.69, 9.17) is 23.7 Å². The molecule has 1 aromatic carbocycles. The van der Waals surface area contributed by atoms with Gasteiger partial charge in [-0.2, -0.15) is 4.31 Å². The Bertz CT molecular complexity index is 1160. The van der Waals surface area contributed by atoms with E-state index in [-0.39, 0.29) is 6.54 Å². The van der Waals surface area contributed by atoms with Gasteiger partial charge < -0.3 is 29.0 Å². The van der Waals surface area contributed by atoms with E-state index in [1.165, 1.54) is 0 Å². The van der Waals surface area contributed by atoms with Gasteiger partial charge in [0.1, 0.15) is 18.8 Å². The second kappa shape index (κ2) is 14.0. The lowest BCUT2D eigenvalue weighted by Gasteiger charge is -2.44. The lowest BCUT2D eigenvalue weighted by molar-refractivity contribution is -0.271.